The number of halogens is 1. The van der Waals surface area contributed by atoms with E-state index in [0.29, 0.717) is 6.04 Å². The summed E-state index contributed by atoms with van der Waals surface area (Å²) in [7, 11) is 0. The minimum absolute atomic E-state index is 0.319. The van der Waals surface area contributed by atoms with Gasteiger partial charge in [0, 0.05) is 0 Å². The molecule has 0 amide bonds. The van der Waals surface area contributed by atoms with Gasteiger partial charge < -0.3 is 9.73 Å². The van der Waals surface area contributed by atoms with Gasteiger partial charge in [0.2, 0.25) is 0 Å². The number of furan rings is 1. The molecular weight excluding hydrogens is 242 g/mol. The van der Waals surface area contributed by atoms with Gasteiger partial charge in [-0.3, -0.25) is 0 Å². The Morgan fingerprint density at radius 3 is 2.93 bits per heavy atom. The SMILES string of the molecule is CC(NCCC1CC1)c1ccc(Br)o1. The molecule has 0 spiro atoms. The van der Waals surface area contributed by atoms with Crippen molar-refractivity contribution in [2.24, 2.45) is 5.92 Å². The van der Waals surface area contributed by atoms with Gasteiger partial charge >= 0.3 is 0 Å². The first-order valence-corrected chi connectivity index (χ1v) is 6.03. The fourth-order valence-corrected chi connectivity index (χ4v) is 1.89. The molecule has 78 valence electrons. The van der Waals surface area contributed by atoms with Gasteiger partial charge in [-0.1, -0.05) is 12.8 Å². The van der Waals surface area contributed by atoms with E-state index >= 15 is 0 Å². The highest BCUT2D eigenvalue weighted by molar-refractivity contribution is 9.10. The van der Waals surface area contributed by atoms with Gasteiger partial charge in [-0.05, 0) is 53.9 Å². The predicted molar refractivity (Wildman–Crippen MR) is 60.2 cm³/mol. The van der Waals surface area contributed by atoms with Crippen LogP contribution < -0.4 is 5.32 Å². The number of rotatable bonds is 5. The minimum Gasteiger partial charge on any atom is -0.453 e. The Bertz CT molecular complexity index is 293. The fourth-order valence-electron chi connectivity index (χ4n) is 1.57. The Balaban J connectivity index is 1.73. The average molecular weight is 258 g/mol. The molecule has 14 heavy (non-hydrogen) atoms. The van der Waals surface area contributed by atoms with Crippen molar-refractivity contribution in [2.75, 3.05) is 6.54 Å². The number of hydrogen-bond acceptors (Lipinski definition) is 2. The van der Waals surface area contributed by atoms with Crippen molar-refractivity contribution in [1.29, 1.82) is 0 Å². The first kappa shape index (κ1) is 10.2. The van der Waals surface area contributed by atoms with Crippen molar-refractivity contribution in [3.63, 3.8) is 0 Å². The van der Waals surface area contributed by atoms with Crippen LogP contribution in [0.5, 0.6) is 0 Å². The van der Waals surface area contributed by atoms with Gasteiger partial charge in [-0.25, -0.2) is 0 Å². The van der Waals surface area contributed by atoms with Crippen molar-refractivity contribution in [3.8, 4) is 0 Å². The van der Waals surface area contributed by atoms with Crippen molar-refractivity contribution in [2.45, 2.75) is 32.2 Å². The molecule has 1 heterocycles. The highest BCUT2D eigenvalue weighted by Gasteiger charge is 2.20. The van der Waals surface area contributed by atoms with E-state index in [9.17, 15) is 0 Å². The largest absolute Gasteiger partial charge is 0.453 e. The molecule has 1 aliphatic rings. The smallest absolute Gasteiger partial charge is 0.169 e. The zero-order valence-corrected chi connectivity index (χ0v) is 10.0. The van der Waals surface area contributed by atoms with Crippen LogP contribution in [-0.4, -0.2) is 6.54 Å². The molecule has 0 saturated heterocycles. The summed E-state index contributed by atoms with van der Waals surface area (Å²) in [4.78, 5) is 0. The van der Waals surface area contributed by atoms with Crippen molar-refractivity contribution in [3.05, 3.63) is 22.6 Å². The molecule has 0 aromatic carbocycles. The highest BCUT2D eigenvalue weighted by atomic mass is 79.9. The van der Waals surface area contributed by atoms with Crippen molar-refractivity contribution < 1.29 is 4.42 Å². The number of hydrogen-bond donors (Lipinski definition) is 1. The van der Waals surface area contributed by atoms with E-state index in [1.54, 1.807) is 0 Å². The fraction of sp³-hybridized carbons (Fsp3) is 0.636. The summed E-state index contributed by atoms with van der Waals surface area (Å²) in [6, 6.07) is 4.27. The Morgan fingerprint density at radius 2 is 2.36 bits per heavy atom. The molecule has 0 radical (unpaired) electrons. The summed E-state index contributed by atoms with van der Waals surface area (Å²) in [6.07, 6.45) is 4.18. The second-order valence-corrected chi connectivity index (χ2v) is 4.83. The van der Waals surface area contributed by atoms with Gasteiger partial charge in [0.1, 0.15) is 5.76 Å². The summed E-state index contributed by atoms with van der Waals surface area (Å²) in [6.45, 7) is 3.24. The predicted octanol–water partition coefficient (Wildman–Crippen LogP) is 3.49. The topological polar surface area (TPSA) is 25.2 Å². The summed E-state index contributed by atoms with van der Waals surface area (Å²) >= 11 is 3.31. The van der Waals surface area contributed by atoms with Crippen LogP contribution in [0.15, 0.2) is 21.2 Å². The third-order valence-electron chi connectivity index (χ3n) is 2.72. The van der Waals surface area contributed by atoms with Crippen LogP contribution in [0.4, 0.5) is 0 Å². The van der Waals surface area contributed by atoms with Crippen LogP contribution in [0, 0.1) is 5.92 Å². The van der Waals surface area contributed by atoms with E-state index in [-0.39, 0.29) is 0 Å². The van der Waals surface area contributed by atoms with Crippen LogP contribution in [-0.2, 0) is 0 Å². The second kappa shape index (κ2) is 4.49. The van der Waals surface area contributed by atoms with Crippen LogP contribution in [0.3, 0.4) is 0 Å². The Hall–Kier alpha value is -0.280. The van der Waals surface area contributed by atoms with E-state index in [2.05, 4.69) is 28.2 Å². The molecule has 1 saturated carbocycles. The highest BCUT2D eigenvalue weighted by Crippen LogP contribution is 2.32. The minimum atomic E-state index is 0.319. The quantitative estimate of drug-likeness (QED) is 0.874. The summed E-state index contributed by atoms with van der Waals surface area (Å²) in [5.41, 5.74) is 0. The Kier molecular flexibility index (Phi) is 3.29. The Morgan fingerprint density at radius 1 is 1.57 bits per heavy atom. The molecule has 1 fully saturated rings. The molecule has 1 aliphatic carbocycles. The zero-order chi connectivity index (χ0) is 9.97. The van der Waals surface area contributed by atoms with Crippen LogP contribution >= 0.6 is 15.9 Å². The van der Waals surface area contributed by atoms with Crippen LogP contribution in [0.2, 0.25) is 0 Å². The maximum atomic E-state index is 5.47. The lowest BCUT2D eigenvalue weighted by Gasteiger charge is -2.10. The third kappa shape index (κ3) is 2.85. The lowest BCUT2D eigenvalue weighted by molar-refractivity contribution is 0.414. The molecule has 0 aliphatic heterocycles. The van der Waals surface area contributed by atoms with Crippen LogP contribution in [0.1, 0.15) is 38.0 Å². The average Bonchev–Trinajstić information content (AvgIpc) is 2.87. The first-order chi connectivity index (χ1) is 6.75. The molecule has 3 heteroatoms. The zero-order valence-electron chi connectivity index (χ0n) is 8.42. The molecular formula is C11H16BrNO. The normalized spacial score (nSPS) is 18.4. The van der Waals surface area contributed by atoms with Gasteiger partial charge in [0.15, 0.2) is 4.67 Å². The molecule has 1 atom stereocenters. The number of nitrogens with one attached hydrogen (secondary N) is 1. The lowest BCUT2D eigenvalue weighted by atomic mass is 10.2. The molecule has 1 aromatic heterocycles. The van der Waals surface area contributed by atoms with Gasteiger partial charge in [0.25, 0.3) is 0 Å². The van der Waals surface area contributed by atoms with E-state index < -0.39 is 0 Å². The summed E-state index contributed by atoms with van der Waals surface area (Å²) in [5.74, 6) is 2.01. The van der Waals surface area contributed by atoms with E-state index in [0.717, 1.165) is 22.9 Å². The maximum absolute atomic E-state index is 5.47. The Labute approximate surface area is 93.2 Å². The molecule has 2 rings (SSSR count). The van der Waals surface area contributed by atoms with Gasteiger partial charge in [-0.2, -0.15) is 0 Å². The summed E-state index contributed by atoms with van der Waals surface area (Å²) in [5, 5.41) is 3.47. The summed E-state index contributed by atoms with van der Waals surface area (Å²) < 4.78 is 6.28. The van der Waals surface area contributed by atoms with Crippen LogP contribution in [0.25, 0.3) is 0 Å². The molecule has 1 aromatic rings. The standard InChI is InChI=1S/C11H16BrNO/c1-8(10-4-5-11(12)14-10)13-7-6-9-2-3-9/h4-5,8-9,13H,2-3,6-7H2,1H3. The van der Waals surface area contributed by atoms with Crippen molar-refractivity contribution >= 4 is 15.9 Å². The second-order valence-electron chi connectivity index (χ2n) is 4.05. The maximum Gasteiger partial charge on any atom is 0.169 e. The molecule has 1 N–H and O–H groups in total. The molecule has 0 bridgehead atoms. The lowest BCUT2D eigenvalue weighted by Crippen LogP contribution is -2.19. The van der Waals surface area contributed by atoms with E-state index in [1.165, 1.54) is 19.3 Å². The van der Waals surface area contributed by atoms with Gasteiger partial charge in [0.05, 0.1) is 6.04 Å². The first-order valence-electron chi connectivity index (χ1n) is 5.24. The monoisotopic (exact) mass is 257 g/mol. The van der Waals surface area contributed by atoms with Gasteiger partial charge in [-0.15, -0.1) is 0 Å². The third-order valence-corrected chi connectivity index (χ3v) is 3.15. The molecule has 2 nitrogen and oxygen atoms in total. The van der Waals surface area contributed by atoms with E-state index in [4.69, 9.17) is 4.42 Å². The van der Waals surface area contributed by atoms with Crippen molar-refractivity contribution in [1.82, 2.24) is 5.32 Å². The van der Waals surface area contributed by atoms with E-state index in [1.807, 2.05) is 12.1 Å². The molecule has 1 unspecified atom stereocenters.